The van der Waals surface area contributed by atoms with E-state index in [1.54, 1.807) is 0 Å². The van der Waals surface area contributed by atoms with Crippen molar-refractivity contribution in [2.75, 3.05) is 33.2 Å². The van der Waals surface area contributed by atoms with Gasteiger partial charge in [-0.3, -0.25) is 0 Å². The molecule has 1 aromatic carbocycles. The molecule has 2 aliphatic rings. The van der Waals surface area contributed by atoms with Crippen molar-refractivity contribution >= 4 is 13.5 Å². The molecule has 0 saturated carbocycles. The second-order valence-electron chi connectivity index (χ2n) is 6.97. The maximum atomic E-state index is 6.75. The fraction of sp³-hybridized carbons (Fsp3) is 0.556. The lowest BCUT2D eigenvalue weighted by Crippen LogP contribution is -2.25. The number of fused-ring (bicyclic) bond motifs is 1. The fourth-order valence-electron chi connectivity index (χ4n) is 3.68. The zero-order valence-corrected chi connectivity index (χ0v) is 13.3. The summed E-state index contributed by atoms with van der Waals surface area (Å²) in [4.78, 5) is 4.81. The molecule has 0 aliphatic carbocycles. The minimum Gasteiger partial charge on any atom is -0.371 e. The van der Waals surface area contributed by atoms with E-state index in [2.05, 4.69) is 54.6 Å². The Morgan fingerprint density at radius 1 is 1.29 bits per heavy atom. The van der Waals surface area contributed by atoms with Gasteiger partial charge in [-0.25, -0.2) is 0 Å². The first-order chi connectivity index (χ1) is 9.98. The van der Waals surface area contributed by atoms with E-state index in [-0.39, 0.29) is 5.31 Å². The van der Waals surface area contributed by atoms with Gasteiger partial charge in [-0.05, 0) is 56.7 Å². The smallest absolute Gasteiger partial charge is 0.0775 e. The summed E-state index contributed by atoms with van der Waals surface area (Å²) >= 11 is 0. The van der Waals surface area contributed by atoms with E-state index < -0.39 is 0 Å². The Bertz CT molecular complexity index is 525. The van der Waals surface area contributed by atoms with Crippen LogP contribution in [0.15, 0.2) is 30.8 Å². The number of rotatable bonds is 2. The molecule has 0 aromatic heterocycles. The SMILES string of the molecule is [B]C12CCN(C)CCC1CN(C(=C)c1ccc(C)cc1)C2. The van der Waals surface area contributed by atoms with Crippen LogP contribution in [0.2, 0.25) is 5.31 Å². The molecule has 2 fully saturated rings. The molecule has 2 heterocycles. The molecule has 3 heteroatoms. The molecule has 0 N–H and O–H groups in total. The van der Waals surface area contributed by atoms with Crippen molar-refractivity contribution in [2.45, 2.75) is 25.1 Å². The number of likely N-dealkylation sites (tertiary alicyclic amines) is 2. The second-order valence-corrected chi connectivity index (χ2v) is 6.97. The van der Waals surface area contributed by atoms with Crippen molar-refractivity contribution < 1.29 is 0 Å². The lowest BCUT2D eigenvalue weighted by molar-refractivity contribution is 0.327. The lowest BCUT2D eigenvalue weighted by Gasteiger charge is -2.29. The summed E-state index contributed by atoms with van der Waals surface area (Å²) in [5, 5.41) is -0.0433. The van der Waals surface area contributed by atoms with Crippen molar-refractivity contribution in [3.63, 3.8) is 0 Å². The Kier molecular flexibility index (Phi) is 3.87. The van der Waals surface area contributed by atoms with Crippen LogP contribution in [-0.2, 0) is 0 Å². The van der Waals surface area contributed by atoms with Crippen molar-refractivity contribution in [2.24, 2.45) is 5.92 Å². The van der Waals surface area contributed by atoms with Gasteiger partial charge in [0.1, 0.15) is 0 Å². The molecule has 0 spiro atoms. The number of nitrogens with zero attached hydrogens (tertiary/aromatic N) is 2. The predicted molar refractivity (Wildman–Crippen MR) is 90.5 cm³/mol. The average Bonchev–Trinajstić information content (AvgIpc) is 2.74. The van der Waals surface area contributed by atoms with Gasteiger partial charge in [-0.15, -0.1) is 0 Å². The lowest BCUT2D eigenvalue weighted by atomic mass is 9.60. The number of hydrogen-bond acceptors (Lipinski definition) is 2. The number of benzene rings is 1. The summed E-state index contributed by atoms with van der Waals surface area (Å²) in [7, 11) is 8.95. The van der Waals surface area contributed by atoms with Crippen LogP contribution in [0.3, 0.4) is 0 Å². The normalized spacial score (nSPS) is 30.0. The molecule has 2 unspecified atom stereocenters. The molecule has 1 aromatic rings. The minimum absolute atomic E-state index is 0.0433. The highest BCUT2D eigenvalue weighted by atomic mass is 15.2. The second kappa shape index (κ2) is 5.53. The first kappa shape index (κ1) is 14.7. The molecule has 2 aliphatic heterocycles. The van der Waals surface area contributed by atoms with E-state index in [1.807, 2.05) is 0 Å². The number of aryl methyl sites for hydroxylation is 1. The highest BCUT2D eigenvalue weighted by molar-refractivity contribution is 6.16. The summed E-state index contributed by atoms with van der Waals surface area (Å²) in [5.41, 5.74) is 3.63. The van der Waals surface area contributed by atoms with E-state index in [4.69, 9.17) is 7.85 Å². The summed E-state index contributed by atoms with van der Waals surface area (Å²) in [6.45, 7) is 10.7. The topological polar surface area (TPSA) is 6.48 Å². The minimum atomic E-state index is -0.0433. The van der Waals surface area contributed by atoms with E-state index in [9.17, 15) is 0 Å². The van der Waals surface area contributed by atoms with E-state index in [1.165, 1.54) is 17.5 Å². The Labute approximate surface area is 130 Å². The summed E-state index contributed by atoms with van der Waals surface area (Å²) < 4.78 is 0. The summed E-state index contributed by atoms with van der Waals surface area (Å²) in [6.07, 6.45) is 2.29. The van der Waals surface area contributed by atoms with Crippen molar-refractivity contribution in [3.8, 4) is 0 Å². The van der Waals surface area contributed by atoms with Gasteiger partial charge in [0.25, 0.3) is 0 Å². The molecule has 2 atom stereocenters. The molecule has 110 valence electrons. The van der Waals surface area contributed by atoms with Crippen LogP contribution in [0.5, 0.6) is 0 Å². The Morgan fingerprint density at radius 2 is 2.00 bits per heavy atom. The van der Waals surface area contributed by atoms with Crippen LogP contribution in [0.4, 0.5) is 0 Å². The third-order valence-electron chi connectivity index (χ3n) is 5.32. The monoisotopic (exact) mass is 280 g/mol. The highest BCUT2D eigenvalue weighted by Gasteiger charge is 2.43. The third kappa shape index (κ3) is 2.89. The molecule has 0 bridgehead atoms. The van der Waals surface area contributed by atoms with E-state index >= 15 is 0 Å². The first-order valence-electron chi connectivity index (χ1n) is 7.96. The van der Waals surface area contributed by atoms with Gasteiger partial charge < -0.3 is 9.80 Å². The largest absolute Gasteiger partial charge is 0.371 e. The molecule has 2 nitrogen and oxygen atoms in total. The molecule has 2 saturated heterocycles. The van der Waals surface area contributed by atoms with E-state index in [0.717, 1.165) is 38.3 Å². The van der Waals surface area contributed by atoms with Gasteiger partial charge in [0.05, 0.1) is 7.85 Å². The molecule has 0 amide bonds. The summed E-state index contributed by atoms with van der Waals surface area (Å²) in [6, 6.07) is 8.65. The Morgan fingerprint density at radius 3 is 2.71 bits per heavy atom. The maximum Gasteiger partial charge on any atom is 0.0775 e. The fourth-order valence-corrected chi connectivity index (χ4v) is 3.68. The first-order valence-corrected chi connectivity index (χ1v) is 7.96. The summed E-state index contributed by atoms with van der Waals surface area (Å²) in [5.74, 6) is 0.588. The number of hydrogen-bond donors (Lipinski definition) is 0. The Hall–Kier alpha value is -1.22. The zero-order valence-electron chi connectivity index (χ0n) is 13.3. The average molecular weight is 280 g/mol. The predicted octanol–water partition coefficient (Wildman–Crippen LogP) is 2.95. The van der Waals surface area contributed by atoms with Crippen molar-refractivity contribution in [3.05, 3.63) is 42.0 Å². The van der Waals surface area contributed by atoms with Crippen molar-refractivity contribution in [1.82, 2.24) is 9.80 Å². The van der Waals surface area contributed by atoms with Gasteiger partial charge in [0.2, 0.25) is 0 Å². The van der Waals surface area contributed by atoms with Crippen LogP contribution in [0.25, 0.3) is 5.70 Å². The third-order valence-corrected chi connectivity index (χ3v) is 5.32. The zero-order chi connectivity index (χ0) is 15.0. The Balaban J connectivity index is 1.74. The van der Waals surface area contributed by atoms with Gasteiger partial charge >= 0.3 is 0 Å². The van der Waals surface area contributed by atoms with Crippen LogP contribution < -0.4 is 0 Å². The molecular formula is C18H25BN2. The van der Waals surface area contributed by atoms with Gasteiger partial charge in [0, 0.05) is 18.8 Å². The highest BCUT2D eigenvalue weighted by Crippen LogP contribution is 2.48. The molecule has 21 heavy (non-hydrogen) atoms. The van der Waals surface area contributed by atoms with Gasteiger partial charge in [-0.1, -0.05) is 36.4 Å². The van der Waals surface area contributed by atoms with Gasteiger partial charge in [-0.2, -0.15) is 0 Å². The molecule has 2 radical (unpaired) electrons. The van der Waals surface area contributed by atoms with Gasteiger partial charge in [0.15, 0.2) is 0 Å². The van der Waals surface area contributed by atoms with Crippen LogP contribution in [0.1, 0.15) is 24.0 Å². The maximum absolute atomic E-state index is 6.75. The van der Waals surface area contributed by atoms with Crippen LogP contribution in [0, 0.1) is 12.8 Å². The molecule has 3 rings (SSSR count). The standard InChI is InChI=1S/C18H25BN2/c1-14-4-6-16(7-5-14)15(2)21-12-17-8-10-20(3)11-9-18(17,19)13-21/h4-7,17H,2,8-13H2,1,3H3. The quantitative estimate of drug-likeness (QED) is 0.768. The van der Waals surface area contributed by atoms with Crippen LogP contribution >= 0.6 is 0 Å². The van der Waals surface area contributed by atoms with E-state index in [0.29, 0.717) is 5.92 Å². The van der Waals surface area contributed by atoms with Crippen molar-refractivity contribution in [1.29, 1.82) is 0 Å². The molecular weight excluding hydrogens is 255 g/mol. The van der Waals surface area contributed by atoms with Crippen LogP contribution in [-0.4, -0.2) is 50.9 Å².